The molecule has 16 nitrogen and oxygen atoms in total. The van der Waals surface area contributed by atoms with Gasteiger partial charge < -0.3 is 79.5 Å². The van der Waals surface area contributed by atoms with Crippen LogP contribution in [0.4, 0.5) is 0 Å². The molecule has 2 aromatic carbocycles. The quantitative estimate of drug-likeness (QED) is 0.106. The second kappa shape index (κ2) is 26.1. The van der Waals surface area contributed by atoms with Crippen LogP contribution in [0.25, 0.3) is 0 Å². The average molecular weight is 978 g/mol. The molecule has 376 valence electrons. The van der Waals surface area contributed by atoms with E-state index in [1.54, 1.807) is 24.3 Å². The molecule has 2 aliphatic heterocycles. The van der Waals surface area contributed by atoms with Gasteiger partial charge in [-0.2, -0.15) is 0 Å². The van der Waals surface area contributed by atoms with E-state index in [1.807, 2.05) is 0 Å². The van der Waals surface area contributed by atoms with E-state index in [4.69, 9.17) is 51.6 Å². The number of halogens is 2. The molecule has 8 rings (SSSR count). The van der Waals surface area contributed by atoms with Crippen molar-refractivity contribution in [1.29, 1.82) is 0 Å². The fourth-order valence-electron chi connectivity index (χ4n) is 9.61. The number of ether oxygens (including phenoxy) is 6. The SMILES string of the molecule is CCCC[C@H]1CCC[C@@H](Cl)C[C@@H](OC)c2cc(O)c(c(OC3OC(CO)C(O)C(O)C3O)c2)[C@@H](CCCC)CCC[C@@H](Cl)C[C@@H](OC)c2cc(O)c1c(OC1OC(CO)C(O)C(O)C1O)c2. The zero-order chi connectivity index (χ0) is 48.2. The number of hydrogen-bond acceptors (Lipinski definition) is 16. The molecule has 0 radical (unpaired) electrons. The van der Waals surface area contributed by atoms with Crippen molar-refractivity contribution in [2.45, 2.75) is 200 Å². The number of aromatic hydroxyl groups is 2. The van der Waals surface area contributed by atoms with Crippen LogP contribution in [0.5, 0.6) is 23.0 Å². The largest absolute Gasteiger partial charge is 0.508 e. The Kier molecular flexibility index (Phi) is 21.6. The van der Waals surface area contributed by atoms with Crippen molar-refractivity contribution in [1.82, 2.24) is 0 Å². The van der Waals surface area contributed by atoms with Crippen molar-refractivity contribution >= 4 is 23.2 Å². The van der Waals surface area contributed by atoms with Crippen molar-refractivity contribution in [2.24, 2.45) is 0 Å². The minimum Gasteiger partial charge on any atom is -0.508 e. The Bertz CT molecular complexity index is 1650. The summed E-state index contributed by atoms with van der Waals surface area (Å²) in [5.41, 5.74) is 2.00. The summed E-state index contributed by atoms with van der Waals surface area (Å²) < 4.78 is 36.2. The lowest BCUT2D eigenvalue weighted by molar-refractivity contribution is -0.277. The van der Waals surface area contributed by atoms with Gasteiger partial charge in [-0.15, -0.1) is 23.2 Å². The fraction of sp³-hybridized carbons (Fsp3) is 0.750. The highest BCUT2D eigenvalue weighted by Gasteiger charge is 2.47. The van der Waals surface area contributed by atoms with Crippen LogP contribution in [0.2, 0.25) is 0 Å². The molecule has 0 aromatic heterocycles. The molecule has 10 unspecified atom stereocenters. The van der Waals surface area contributed by atoms with Gasteiger partial charge in [0, 0.05) is 36.1 Å². The molecule has 0 saturated carbocycles. The van der Waals surface area contributed by atoms with Gasteiger partial charge in [0.05, 0.1) is 25.4 Å². The third-order valence-electron chi connectivity index (χ3n) is 13.5. The van der Waals surface area contributed by atoms with Crippen LogP contribution in [0.1, 0.15) is 150 Å². The molecule has 0 spiro atoms. The maximum absolute atomic E-state index is 11.9. The van der Waals surface area contributed by atoms with Crippen LogP contribution >= 0.6 is 23.2 Å². The molecule has 2 saturated heterocycles. The Balaban J connectivity index is 1.55. The van der Waals surface area contributed by atoms with E-state index in [0.29, 0.717) is 86.5 Å². The summed E-state index contributed by atoms with van der Waals surface area (Å²) in [5.74, 6) is -0.282. The van der Waals surface area contributed by atoms with E-state index in [0.717, 1.165) is 25.7 Å². The zero-order valence-corrected chi connectivity index (χ0v) is 40.1. The summed E-state index contributed by atoms with van der Waals surface area (Å²) in [6.45, 7) is 2.84. The molecular formula is C48H74Cl2O16. The lowest BCUT2D eigenvalue weighted by atomic mass is 9.85. The van der Waals surface area contributed by atoms with Crippen molar-refractivity contribution in [2.75, 3.05) is 27.4 Å². The van der Waals surface area contributed by atoms with Gasteiger partial charge in [-0.3, -0.25) is 0 Å². The van der Waals surface area contributed by atoms with Gasteiger partial charge in [-0.1, -0.05) is 52.4 Å². The fourth-order valence-corrected chi connectivity index (χ4v) is 10.2. The first-order chi connectivity index (χ1) is 31.6. The highest BCUT2D eigenvalue weighted by molar-refractivity contribution is 6.20. The van der Waals surface area contributed by atoms with E-state index in [-0.39, 0.29) is 34.8 Å². The number of aliphatic hydroxyl groups is 8. The minimum absolute atomic E-state index is 0.0614. The summed E-state index contributed by atoms with van der Waals surface area (Å²) in [4.78, 5) is 0. The van der Waals surface area contributed by atoms with Crippen molar-refractivity contribution in [3.05, 3.63) is 46.5 Å². The summed E-state index contributed by atoms with van der Waals surface area (Å²) in [6.07, 6.45) is -7.97. The Morgan fingerprint density at radius 1 is 0.561 bits per heavy atom. The molecule has 16 atom stereocenters. The molecular weight excluding hydrogens is 903 g/mol. The Morgan fingerprint density at radius 2 is 0.939 bits per heavy atom. The van der Waals surface area contributed by atoms with Gasteiger partial charge in [0.25, 0.3) is 0 Å². The van der Waals surface area contributed by atoms with E-state index in [9.17, 15) is 51.1 Å². The Hall–Kier alpha value is -2.26. The van der Waals surface area contributed by atoms with Crippen LogP contribution in [0.15, 0.2) is 24.3 Å². The number of methoxy groups -OCH3 is 2. The number of phenolic OH excluding ortho intramolecular Hbond substituents is 2. The number of unbranched alkanes of at least 4 members (excludes halogenated alkanes) is 2. The predicted octanol–water partition coefficient (Wildman–Crippen LogP) is 5.43. The van der Waals surface area contributed by atoms with E-state index < -0.39 is 97.6 Å². The number of alkyl halides is 2. The summed E-state index contributed by atoms with van der Waals surface area (Å²) in [6, 6.07) is 6.71. The van der Waals surface area contributed by atoms with Crippen molar-refractivity contribution in [3.8, 4) is 23.0 Å². The standard InChI is InChI=1S/C48H74Cl2O16/c1-5-7-11-25-13-9-15-29(49)21-34(62-4)28-18-32(54)40(36(20-28)64-48-46(60)44(58)42(56)38(24-52)66-48)26(12-8-6-2)14-10-16-30(50)22-33(61-3)27-17-31(53)39(25)35(19-27)63-47-45(59)43(57)41(55)37(23-51)65-47/h17-20,25-26,29-30,33-34,37-38,41-48,51-60H,5-16,21-24H2,1-4H3/t25-,26-,29+,30+,33+,34+,37?,38?,41?,42?,43?,44?,45?,46?,47?,48?/m0/s1. The monoisotopic (exact) mass is 976 g/mol. The maximum atomic E-state index is 11.9. The van der Waals surface area contributed by atoms with Crippen LogP contribution in [0, 0.1) is 0 Å². The first-order valence-corrected chi connectivity index (χ1v) is 24.5. The first-order valence-electron chi connectivity index (χ1n) is 23.6. The number of phenols is 2. The normalized spacial score (nSPS) is 35.2. The molecule has 0 amide bonds. The smallest absolute Gasteiger partial charge is 0.229 e. The van der Waals surface area contributed by atoms with Gasteiger partial charge in [0.1, 0.15) is 71.8 Å². The molecule has 2 aromatic rings. The van der Waals surface area contributed by atoms with Gasteiger partial charge in [-0.25, -0.2) is 0 Å². The molecule has 66 heavy (non-hydrogen) atoms. The number of aliphatic hydroxyl groups excluding tert-OH is 8. The van der Waals surface area contributed by atoms with Gasteiger partial charge in [0.15, 0.2) is 0 Å². The van der Waals surface area contributed by atoms with Crippen LogP contribution < -0.4 is 9.47 Å². The molecule has 4 bridgehead atoms. The third-order valence-corrected chi connectivity index (χ3v) is 14.3. The van der Waals surface area contributed by atoms with Crippen LogP contribution in [0.3, 0.4) is 0 Å². The molecule has 18 heteroatoms. The second-order valence-corrected chi connectivity index (χ2v) is 19.4. The van der Waals surface area contributed by atoms with Gasteiger partial charge >= 0.3 is 0 Å². The van der Waals surface area contributed by atoms with E-state index in [2.05, 4.69) is 13.8 Å². The lowest BCUT2D eigenvalue weighted by Crippen LogP contribution is -2.60. The first kappa shape index (κ1) is 54.7. The third kappa shape index (κ3) is 13.5. The second-order valence-electron chi connectivity index (χ2n) is 18.2. The summed E-state index contributed by atoms with van der Waals surface area (Å²) in [5, 5.41) is 107. The Labute approximate surface area is 398 Å². The number of hydrogen-bond donors (Lipinski definition) is 10. The summed E-state index contributed by atoms with van der Waals surface area (Å²) >= 11 is 14.2. The van der Waals surface area contributed by atoms with Gasteiger partial charge in [0.2, 0.25) is 12.6 Å². The van der Waals surface area contributed by atoms with Crippen LogP contribution in [-0.4, -0.2) is 151 Å². The van der Waals surface area contributed by atoms with Gasteiger partial charge in [-0.05, 0) is 98.6 Å². The zero-order valence-electron chi connectivity index (χ0n) is 38.5. The molecule has 6 aliphatic rings. The lowest BCUT2D eigenvalue weighted by Gasteiger charge is -2.40. The van der Waals surface area contributed by atoms with Crippen molar-refractivity contribution < 1.29 is 79.5 Å². The Morgan fingerprint density at radius 3 is 1.27 bits per heavy atom. The topological polar surface area (TPSA) is 258 Å². The highest BCUT2D eigenvalue weighted by Crippen LogP contribution is 2.47. The number of rotatable bonds is 14. The van der Waals surface area contributed by atoms with Crippen LogP contribution in [-0.2, 0) is 18.9 Å². The maximum Gasteiger partial charge on any atom is 0.229 e. The van der Waals surface area contributed by atoms with E-state index in [1.165, 1.54) is 14.2 Å². The molecule has 2 fully saturated rings. The summed E-state index contributed by atoms with van der Waals surface area (Å²) in [7, 11) is 3.07. The predicted molar refractivity (Wildman–Crippen MR) is 245 cm³/mol. The molecule has 2 heterocycles. The molecule has 10 N–H and O–H groups in total. The minimum atomic E-state index is -1.69. The highest BCUT2D eigenvalue weighted by atomic mass is 35.5. The number of benzene rings is 2. The van der Waals surface area contributed by atoms with Crippen molar-refractivity contribution in [3.63, 3.8) is 0 Å². The molecule has 4 aliphatic carbocycles. The average Bonchev–Trinajstić information content (AvgIpc) is 3.29. The van der Waals surface area contributed by atoms with E-state index >= 15 is 0 Å².